The second-order valence-corrected chi connectivity index (χ2v) is 5.79. The maximum atomic E-state index is 6.71. The van der Waals surface area contributed by atoms with E-state index in [4.69, 9.17) is 32.7 Å². The summed E-state index contributed by atoms with van der Waals surface area (Å²) >= 11 is 12.9. The molecule has 1 atom stereocenters. The van der Waals surface area contributed by atoms with Gasteiger partial charge in [-0.05, 0) is 30.7 Å². The van der Waals surface area contributed by atoms with Crippen LogP contribution in [0.25, 0.3) is 0 Å². The van der Waals surface area contributed by atoms with E-state index >= 15 is 0 Å². The van der Waals surface area contributed by atoms with Crippen molar-refractivity contribution in [1.29, 1.82) is 0 Å². The Morgan fingerprint density at radius 3 is 2.86 bits per heavy atom. The van der Waals surface area contributed by atoms with Gasteiger partial charge in [-0.3, -0.25) is 0 Å². The maximum absolute atomic E-state index is 6.71. The molecular formula is C17H16Cl2O2. The number of halogens is 2. The lowest BCUT2D eigenvalue weighted by molar-refractivity contribution is 0.336. The molecule has 0 amide bonds. The van der Waals surface area contributed by atoms with Crippen molar-refractivity contribution in [2.24, 2.45) is 0 Å². The highest BCUT2D eigenvalue weighted by Gasteiger charge is 2.25. The highest BCUT2D eigenvalue weighted by atomic mass is 35.5. The van der Waals surface area contributed by atoms with Crippen molar-refractivity contribution in [2.75, 3.05) is 13.2 Å². The zero-order valence-corrected chi connectivity index (χ0v) is 13.2. The number of para-hydroxylation sites is 1. The zero-order chi connectivity index (χ0) is 14.8. The number of hydrogen-bond acceptors (Lipinski definition) is 2. The van der Waals surface area contributed by atoms with Crippen LogP contribution in [0, 0.1) is 0 Å². The Morgan fingerprint density at radius 1 is 1.24 bits per heavy atom. The lowest BCUT2D eigenvalue weighted by Crippen LogP contribution is -2.02. The molecule has 3 rings (SSSR count). The summed E-state index contributed by atoms with van der Waals surface area (Å²) in [6.07, 6.45) is 0.875. The molecule has 0 bridgehead atoms. The van der Waals surface area contributed by atoms with Crippen molar-refractivity contribution in [3.05, 3.63) is 58.1 Å². The van der Waals surface area contributed by atoms with Gasteiger partial charge < -0.3 is 9.47 Å². The lowest BCUT2D eigenvalue weighted by atomic mass is 10.00. The second kappa shape index (κ2) is 6.17. The molecule has 1 heterocycles. The predicted molar refractivity (Wildman–Crippen MR) is 86.0 cm³/mol. The summed E-state index contributed by atoms with van der Waals surface area (Å²) in [5, 5.41) is 0.340. The van der Waals surface area contributed by atoms with Gasteiger partial charge in [0.05, 0.1) is 18.6 Å². The molecule has 2 nitrogen and oxygen atoms in total. The molecule has 2 aromatic rings. The van der Waals surface area contributed by atoms with Crippen LogP contribution in [-0.4, -0.2) is 13.2 Å². The molecule has 0 saturated carbocycles. The minimum Gasteiger partial charge on any atom is -0.494 e. The Balaban J connectivity index is 2.05. The number of benzene rings is 2. The average Bonchev–Trinajstić information content (AvgIpc) is 2.94. The van der Waals surface area contributed by atoms with Crippen LogP contribution in [0.3, 0.4) is 0 Å². The first-order valence-electron chi connectivity index (χ1n) is 7.01. The maximum Gasteiger partial charge on any atom is 0.127 e. The summed E-state index contributed by atoms with van der Waals surface area (Å²) in [6, 6.07) is 11.6. The monoisotopic (exact) mass is 322 g/mol. The molecule has 1 unspecified atom stereocenters. The Labute approximate surface area is 134 Å². The van der Waals surface area contributed by atoms with Gasteiger partial charge in [-0.1, -0.05) is 29.8 Å². The molecule has 0 fully saturated rings. The largest absolute Gasteiger partial charge is 0.494 e. The van der Waals surface area contributed by atoms with E-state index < -0.39 is 0 Å². The highest BCUT2D eigenvalue weighted by Crippen LogP contribution is 2.43. The molecule has 0 saturated heterocycles. The van der Waals surface area contributed by atoms with E-state index in [1.807, 2.05) is 43.3 Å². The van der Waals surface area contributed by atoms with E-state index in [0.29, 0.717) is 18.2 Å². The number of alkyl halides is 1. The lowest BCUT2D eigenvalue weighted by Gasteiger charge is -2.18. The number of rotatable bonds is 4. The summed E-state index contributed by atoms with van der Waals surface area (Å²) < 4.78 is 11.4. The van der Waals surface area contributed by atoms with Gasteiger partial charge in [0.15, 0.2) is 0 Å². The molecule has 0 aliphatic carbocycles. The highest BCUT2D eigenvalue weighted by molar-refractivity contribution is 6.31. The van der Waals surface area contributed by atoms with Gasteiger partial charge in [0, 0.05) is 22.6 Å². The number of hydrogen-bond donors (Lipinski definition) is 0. The van der Waals surface area contributed by atoms with E-state index in [1.165, 1.54) is 0 Å². The summed E-state index contributed by atoms with van der Waals surface area (Å²) in [5.74, 6) is 1.66. The molecule has 0 N–H and O–H groups in total. The topological polar surface area (TPSA) is 18.5 Å². The first-order chi connectivity index (χ1) is 10.2. The fraction of sp³-hybridized carbons (Fsp3) is 0.294. The normalized spacial score (nSPS) is 14.4. The minimum atomic E-state index is -0.349. The molecule has 21 heavy (non-hydrogen) atoms. The molecule has 0 radical (unpaired) electrons. The van der Waals surface area contributed by atoms with Crippen molar-refractivity contribution >= 4 is 23.2 Å². The second-order valence-electron chi connectivity index (χ2n) is 4.92. The van der Waals surface area contributed by atoms with Crippen LogP contribution < -0.4 is 9.47 Å². The summed E-state index contributed by atoms with van der Waals surface area (Å²) in [7, 11) is 0. The Hall–Kier alpha value is -1.38. The van der Waals surface area contributed by atoms with Crippen molar-refractivity contribution in [1.82, 2.24) is 0 Å². The fourth-order valence-electron chi connectivity index (χ4n) is 2.63. The van der Waals surface area contributed by atoms with Crippen molar-refractivity contribution < 1.29 is 9.47 Å². The van der Waals surface area contributed by atoms with E-state index in [-0.39, 0.29) is 5.38 Å². The Morgan fingerprint density at radius 2 is 2.05 bits per heavy atom. The molecule has 0 spiro atoms. The zero-order valence-electron chi connectivity index (χ0n) is 11.7. The number of ether oxygens (including phenoxy) is 2. The summed E-state index contributed by atoms with van der Waals surface area (Å²) in [6.45, 7) is 3.24. The van der Waals surface area contributed by atoms with Crippen LogP contribution in [0.4, 0.5) is 0 Å². The van der Waals surface area contributed by atoms with Crippen molar-refractivity contribution in [3.63, 3.8) is 0 Å². The van der Waals surface area contributed by atoms with Gasteiger partial charge in [0.2, 0.25) is 0 Å². The molecule has 2 aromatic carbocycles. The van der Waals surface area contributed by atoms with E-state index in [2.05, 4.69) is 0 Å². The average molecular weight is 323 g/mol. The third-order valence-electron chi connectivity index (χ3n) is 3.54. The number of fused-ring (bicyclic) bond motifs is 1. The fourth-order valence-corrected chi connectivity index (χ4v) is 3.22. The third kappa shape index (κ3) is 2.83. The van der Waals surface area contributed by atoms with Gasteiger partial charge in [-0.25, -0.2) is 0 Å². The van der Waals surface area contributed by atoms with Crippen LogP contribution in [0.2, 0.25) is 5.02 Å². The molecule has 110 valence electrons. The van der Waals surface area contributed by atoms with Gasteiger partial charge in [-0.2, -0.15) is 0 Å². The molecule has 4 heteroatoms. The smallest absolute Gasteiger partial charge is 0.127 e. The predicted octanol–water partition coefficient (Wildman–Crippen LogP) is 5.00. The van der Waals surface area contributed by atoms with Crippen molar-refractivity contribution in [2.45, 2.75) is 18.7 Å². The first kappa shape index (κ1) is 14.6. The van der Waals surface area contributed by atoms with Crippen LogP contribution in [0.5, 0.6) is 11.5 Å². The molecule has 0 aromatic heterocycles. The van der Waals surface area contributed by atoms with Crippen LogP contribution >= 0.6 is 23.2 Å². The Kier molecular flexibility index (Phi) is 4.27. The minimum absolute atomic E-state index is 0.349. The van der Waals surface area contributed by atoms with Crippen LogP contribution in [0.1, 0.15) is 29.0 Å². The SMILES string of the molecule is CCOc1ccccc1C(Cl)c1cc(Cl)cc2c1OCC2. The van der Waals surface area contributed by atoms with E-state index in [0.717, 1.165) is 34.6 Å². The Bertz CT molecular complexity index is 655. The van der Waals surface area contributed by atoms with Gasteiger partial charge in [-0.15, -0.1) is 11.6 Å². The quantitative estimate of drug-likeness (QED) is 0.737. The molecular weight excluding hydrogens is 307 g/mol. The third-order valence-corrected chi connectivity index (χ3v) is 4.23. The van der Waals surface area contributed by atoms with Gasteiger partial charge in [0.1, 0.15) is 11.5 Å². The van der Waals surface area contributed by atoms with E-state index in [1.54, 1.807) is 0 Å². The standard InChI is InChI=1S/C17H16Cl2O2/c1-2-20-15-6-4-3-5-13(15)16(19)14-10-12(18)9-11-7-8-21-17(11)14/h3-6,9-10,16H,2,7-8H2,1H3. The van der Waals surface area contributed by atoms with Crippen LogP contribution in [0.15, 0.2) is 36.4 Å². The van der Waals surface area contributed by atoms with Crippen molar-refractivity contribution in [3.8, 4) is 11.5 Å². The molecule has 1 aliphatic heterocycles. The van der Waals surface area contributed by atoms with Crippen LogP contribution in [-0.2, 0) is 6.42 Å². The summed E-state index contributed by atoms with van der Waals surface area (Å²) in [4.78, 5) is 0. The van der Waals surface area contributed by atoms with Gasteiger partial charge in [0.25, 0.3) is 0 Å². The summed E-state index contributed by atoms with van der Waals surface area (Å²) in [5.41, 5.74) is 2.96. The molecule has 1 aliphatic rings. The van der Waals surface area contributed by atoms with Gasteiger partial charge >= 0.3 is 0 Å². The first-order valence-corrected chi connectivity index (χ1v) is 7.83. The van der Waals surface area contributed by atoms with E-state index in [9.17, 15) is 0 Å².